The van der Waals surface area contributed by atoms with Crippen molar-refractivity contribution in [3.63, 3.8) is 0 Å². The number of benzene rings is 2. The molecule has 2 heterocycles. The van der Waals surface area contributed by atoms with E-state index in [0.717, 1.165) is 29.0 Å². The Hall–Kier alpha value is -3.41. The molecular formula is C23H22N4O2. The minimum absolute atomic E-state index is 0.161. The van der Waals surface area contributed by atoms with Gasteiger partial charge in [0.2, 0.25) is 5.95 Å². The zero-order valence-corrected chi connectivity index (χ0v) is 16.4. The molecule has 0 spiro atoms. The number of Topliss-reactive ketones (excluding diaryl/α,β-unsaturated/α-hetero) is 1. The average Bonchev–Trinajstić information content (AvgIpc) is 3.20. The van der Waals surface area contributed by atoms with Gasteiger partial charge in [-0.25, -0.2) is 4.68 Å². The molecule has 0 fully saturated rings. The van der Waals surface area contributed by atoms with Gasteiger partial charge in [0.05, 0.1) is 7.11 Å². The quantitative estimate of drug-likeness (QED) is 0.737. The lowest BCUT2D eigenvalue weighted by Gasteiger charge is -2.35. The monoisotopic (exact) mass is 386 g/mol. The molecule has 0 saturated carbocycles. The summed E-state index contributed by atoms with van der Waals surface area (Å²) in [7, 11) is 1.64. The molecule has 6 nitrogen and oxygen atoms in total. The van der Waals surface area contributed by atoms with Crippen molar-refractivity contribution in [2.24, 2.45) is 0 Å². The van der Waals surface area contributed by atoms with Crippen LogP contribution in [0.5, 0.6) is 5.75 Å². The van der Waals surface area contributed by atoms with Crippen molar-refractivity contribution < 1.29 is 9.53 Å². The summed E-state index contributed by atoms with van der Waals surface area (Å²) in [5, 5.41) is 7.77. The zero-order chi connectivity index (χ0) is 20.0. The lowest BCUT2D eigenvalue weighted by molar-refractivity contribution is -0.116. The SMILES string of the molecule is COc1ccc(C2C3=C(CC(c4ccccc4C)CC3=O)Nc3ncnn32)cc1. The van der Waals surface area contributed by atoms with E-state index < -0.39 is 0 Å². The number of aromatic nitrogens is 3. The summed E-state index contributed by atoms with van der Waals surface area (Å²) < 4.78 is 7.09. The van der Waals surface area contributed by atoms with Gasteiger partial charge < -0.3 is 10.1 Å². The Morgan fingerprint density at radius 2 is 1.90 bits per heavy atom. The van der Waals surface area contributed by atoms with Crippen molar-refractivity contribution >= 4 is 11.7 Å². The third-order valence-electron chi connectivity index (χ3n) is 5.92. The summed E-state index contributed by atoms with van der Waals surface area (Å²) in [5.74, 6) is 1.78. The van der Waals surface area contributed by atoms with Gasteiger partial charge in [0.1, 0.15) is 18.1 Å². The van der Waals surface area contributed by atoms with Gasteiger partial charge in [0.25, 0.3) is 0 Å². The number of nitrogens with zero attached hydrogens (tertiary/aromatic N) is 3. The molecule has 1 aliphatic carbocycles. The van der Waals surface area contributed by atoms with E-state index in [9.17, 15) is 4.79 Å². The van der Waals surface area contributed by atoms with Crippen molar-refractivity contribution in [1.82, 2.24) is 14.8 Å². The number of anilines is 1. The molecule has 1 aliphatic heterocycles. The van der Waals surface area contributed by atoms with Gasteiger partial charge in [-0.1, -0.05) is 36.4 Å². The Balaban J connectivity index is 1.59. The molecule has 1 N–H and O–H groups in total. The van der Waals surface area contributed by atoms with Crippen molar-refractivity contribution in [3.05, 3.63) is 82.8 Å². The van der Waals surface area contributed by atoms with E-state index >= 15 is 0 Å². The highest BCUT2D eigenvalue weighted by Crippen LogP contribution is 2.44. The Morgan fingerprint density at radius 3 is 2.66 bits per heavy atom. The van der Waals surface area contributed by atoms with E-state index in [2.05, 4.69) is 34.5 Å². The molecular weight excluding hydrogens is 364 g/mol. The zero-order valence-electron chi connectivity index (χ0n) is 16.4. The van der Waals surface area contributed by atoms with Crippen LogP contribution in [0.25, 0.3) is 0 Å². The molecule has 6 heteroatoms. The van der Waals surface area contributed by atoms with Gasteiger partial charge in [0.15, 0.2) is 5.78 Å². The summed E-state index contributed by atoms with van der Waals surface area (Å²) >= 11 is 0. The lowest BCUT2D eigenvalue weighted by atomic mass is 9.77. The normalized spacial score (nSPS) is 20.7. The van der Waals surface area contributed by atoms with E-state index in [1.165, 1.54) is 17.5 Å². The van der Waals surface area contributed by atoms with Crippen LogP contribution in [0.2, 0.25) is 0 Å². The molecule has 2 aromatic carbocycles. The summed E-state index contributed by atoms with van der Waals surface area (Å²) in [6.45, 7) is 2.11. The van der Waals surface area contributed by atoms with Gasteiger partial charge in [-0.05, 0) is 48.1 Å². The van der Waals surface area contributed by atoms with Crippen LogP contribution in [0, 0.1) is 6.92 Å². The Morgan fingerprint density at radius 1 is 1.10 bits per heavy atom. The predicted molar refractivity (Wildman–Crippen MR) is 110 cm³/mol. The summed E-state index contributed by atoms with van der Waals surface area (Å²) in [5.41, 5.74) is 5.20. The smallest absolute Gasteiger partial charge is 0.226 e. The van der Waals surface area contributed by atoms with Crippen molar-refractivity contribution in [1.29, 1.82) is 0 Å². The van der Waals surface area contributed by atoms with E-state index in [4.69, 9.17) is 4.74 Å². The third kappa shape index (κ3) is 2.92. The van der Waals surface area contributed by atoms with Gasteiger partial charge in [0, 0.05) is 17.7 Å². The van der Waals surface area contributed by atoms with Crippen LogP contribution in [-0.2, 0) is 4.79 Å². The maximum atomic E-state index is 13.4. The first-order valence-corrected chi connectivity index (χ1v) is 9.78. The number of rotatable bonds is 3. The molecule has 2 atom stereocenters. The van der Waals surface area contributed by atoms with Crippen LogP contribution >= 0.6 is 0 Å². The minimum Gasteiger partial charge on any atom is -0.497 e. The first-order chi connectivity index (χ1) is 14.2. The van der Waals surface area contributed by atoms with E-state index in [-0.39, 0.29) is 17.7 Å². The highest BCUT2D eigenvalue weighted by atomic mass is 16.5. The van der Waals surface area contributed by atoms with E-state index in [1.54, 1.807) is 11.8 Å². The molecule has 3 aromatic rings. The number of hydrogen-bond acceptors (Lipinski definition) is 5. The molecule has 1 aromatic heterocycles. The first kappa shape index (κ1) is 17.7. The fourth-order valence-corrected chi connectivity index (χ4v) is 4.51. The number of methoxy groups -OCH3 is 1. The van der Waals surface area contributed by atoms with Crippen LogP contribution in [-0.4, -0.2) is 27.7 Å². The standard InChI is InChI=1S/C23H22N4O2/c1-14-5-3-4-6-18(14)16-11-19-21(20(28)12-16)22(27-23(26-19)24-13-25-27)15-7-9-17(29-2)10-8-15/h3-10,13,16,22H,11-12H2,1-2H3,(H,24,25,26). The fourth-order valence-electron chi connectivity index (χ4n) is 4.51. The Labute approximate surface area is 169 Å². The lowest BCUT2D eigenvalue weighted by Crippen LogP contribution is -2.33. The van der Waals surface area contributed by atoms with Crippen LogP contribution < -0.4 is 10.1 Å². The highest BCUT2D eigenvalue weighted by Gasteiger charge is 2.39. The maximum Gasteiger partial charge on any atom is 0.226 e. The van der Waals surface area contributed by atoms with Crippen molar-refractivity contribution in [3.8, 4) is 5.75 Å². The number of carbonyl (C=O) groups is 1. The number of hydrogen-bond donors (Lipinski definition) is 1. The first-order valence-electron chi connectivity index (χ1n) is 9.78. The molecule has 29 heavy (non-hydrogen) atoms. The Kier molecular flexibility index (Phi) is 4.19. The number of aryl methyl sites for hydroxylation is 1. The number of nitrogens with one attached hydrogen (secondary N) is 1. The molecule has 146 valence electrons. The minimum atomic E-state index is -0.278. The Bertz CT molecular complexity index is 1110. The summed E-state index contributed by atoms with van der Waals surface area (Å²) in [6, 6.07) is 15.9. The van der Waals surface area contributed by atoms with E-state index in [1.807, 2.05) is 36.4 Å². The van der Waals surface area contributed by atoms with Crippen molar-refractivity contribution in [2.75, 3.05) is 12.4 Å². The largest absolute Gasteiger partial charge is 0.497 e. The number of carbonyl (C=O) groups excluding carboxylic acids is 1. The van der Waals surface area contributed by atoms with Gasteiger partial charge >= 0.3 is 0 Å². The number of ether oxygens (including phenoxy) is 1. The van der Waals surface area contributed by atoms with Crippen LogP contribution in [0.1, 0.15) is 41.5 Å². The fraction of sp³-hybridized carbons (Fsp3) is 0.261. The van der Waals surface area contributed by atoms with Crippen molar-refractivity contribution in [2.45, 2.75) is 31.7 Å². The second-order valence-corrected chi connectivity index (χ2v) is 7.61. The molecule has 5 rings (SSSR count). The molecule has 0 bridgehead atoms. The topological polar surface area (TPSA) is 69.0 Å². The van der Waals surface area contributed by atoms with Gasteiger partial charge in [-0.2, -0.15) is 10.1 Å². The highest BCUT2D eigenvalue weighted by molar-refractivity contribution is 6.00. The molecule has 0 amide bonds. The molecule has 0 radical (unpaired) electrons. The number of fused-ring (bicyclic) bond motifs is 1. The van der Waals surface area contributed by atoms with Crippen LogP contribution in [0.4, 0.5) is 5.95 Å². The average molecular weight is 386 g/mol. The van der Waals surface area contributed by atoms with Crippen LogP contribution in [0.3, 0.4) is 0 Å². The van der Waals surface area contributed by atoms with E-state index in [0.29, 0.717) is 12.4 Å². The maximum absolute atomic E-state index is 13.4. The molecule has 2 unspecified atom stereocenters. The second-order valence-electron chi connectivity index (χ2n) is 7.61. The summed E-state index contributed by atoms with van der Waals surface area (Å²) in [6.07, 6.45) is 2.81. The third-order valence-corrected chi connectivity index (χ3v) is 5.92. The summed E-state index contributed by atoms with van der Waals surface area (Å²) in [4.78, 5) is 17.7. The van der Waals surface area contributed by atoms with Gasteiger partial charge in [-0.3, -0.25) is 4.79 Å². The van der Waals surface area contributed by atoms with Crippen LogP contribution in [0.15, 0.2) is 66.1 Å². The molecule has 2 aliphatic rings. The predicted octanol–water partition coefficient (Wildman–Crippen LogP) is 4.01. The number of allylic oxidation sites excluding steroid dienone is 2. The second kappa shape index (κ2) is 6.88. The molecule has 0 saturated heterocycles. The number of ketones is 1. The van der Waals surface area contributed by atoms with Gasteiger partial charge in [-0.15, -0.1) is 0 Å².